The molecule has 1 fully saturated rings. The van der Waals surface area contributed by atoms with Gasteiger partial charge in [-0.15, -0.1) is 0 Å². The smallest absolute Gasteiger partial charge is 0.224 e. The zero-order valence-corrected chi connectivity index (χ0v) is 20.3. The lowest BCUT2D eigenvalue weighted by atomic mass is 9.94. The van der Waals surface area contributed by atoms with Gasteiger partial charge in [0.15, 0.2) is 0 Å². The summed E-state index contributed by atoms with van der Waals surface area (Å²) in [4.78, 5) is 25.4. The fraction of sp³-hybridized carbons (Fsp3) is 0.286. The fourth-order valence-electron chi connectivity index (χ4n) is 5.05. The number of hydrogen-bond acceptors (Lipinski definition) is 5. The van der Waals surface area contributed by atoms with Crippen LogP contribution in [0.4, 0.5) is 5.69 Å². The Morgan fingerprint density at radius 3 is 2.94 bits per heavy atom. The Bertz CT molecular complexity index is 1490. The summed E-state index contributed by atoms with van der Waals surface area (Å²) in [5.41, 5.74) is 9.34. The number of nitrogens with zero attached hydrogens (tertiary/aromatic N) is 3. The van der Waals surface area contributed by atoms with Crippen LogP contribution in [0.5, 0.6) is 0 Å². The summed E-state index contributed by atoms with van der Waals surface area (Å²) in [5.74, 6) is 0.469. The minimum atomic E-state index is 0.0343. The van der Waals surface area contributed by atoms with Crippen LogP contribution in [-0.4, -0.2) is 44.1 Å². The van der Waals surface area contributed by atoms with E-state index in [1.165, 1.54) is 16.8 Å². The predicted octanol–water partition coefficient (Wildman–Crippen LogP) is 4.86. The normalized spacial score (nSPS) is 16.0. The van der Waals surface area contributed by atoms with Crippen LogP contribution in [0.2, 0.25) is 0 Å². The van der Waals surface area contributed by atoms with Crippen molar-refractivity contribution in [1.29, 1.82) is 0 Å². The van der Waals surface area contributed by atoms with E-state index >= 15 is 0 Å². The van der Waals surface area contributed by atoms with E-state index in [4.69, 9.17) is 4.98 Å². The molecule has 4 aromatic heterocycles. The quantitative estimate of drug-likeness (QED) is 0.327. The third kappa shape index (κ3) is 4.59. The summed E-state index contributed by atoms with van der Waals surface area (Å²) >= 11 is 0. The maximum Gasteiger partial charge on any atom is 0.224 e. The van der Waals surface area contributed by atoms with Crippen LogP contribution < -0.4 is 10.6 Å². The number of anilines is 1. The number of allylic oxidation sites excluding steroid dienone is 3. The molecule has 0 atom stereocenters. The predicted molar refractivity (Wildman–Crippen MR) is 142 cm³/mol. The Hall–Kier alpha value is -4.04. The third-order valence-corrected chi connectivity index (χ3v) is 6.96. The molecule has 36 heavy (non-hydrogen) atoms. The van der Waals surface area contributed by atoms with Crippen molar-refractivity contribution >= 4 is 28.7 Å². The Morgan fingerprint density at radius 2 is 2.06 bits per heavy atom. The number of aromatic amines is 2. The number of hydrogen-bond donors (Lipinski definition) is 4. The Morgan fingerprint density at radius 1 is 1.17 bits per heavy atom. The number of carbonyl (C=O) groups is 1. The van der Waals surface area contributed by atoms with Crippen molar-refractivity contribution in [2.45, 2.75) is 32.6 Å². The monoisotopic (exact) mass is 479 g/mol. The van der Waals surface area contributed by atoms with Gasteiger partial charge in [0.25, 0.3) is 0 Å². The molecule has 0 bridgehead atoms. The van der Waals surface area contributed by atoms with Crippen molar-refractivity contribution in [1.82, 2.24) is 30.5 Å². The van der Waals surface area contributed by atoms with Crippen molar-refractivity contribution in [3.63, 3.8) is 0 Å². The second-order valence-electron chi connectivity index (χ2n) is 9.74. The molecular weight excluding hydrogens is 450 g/mol. The van der Waals surface area contributed by atoms with E-state index in [0.717, 1.165) is 66.0 Å². The van der Waals surface area contributed by atoms with Gasteiger partial charge in [-0.05, 0) is 68.6 Å². The highest BCUT2D eigenvalue weighted by molar-refractivity contribution is 5.92. The molecule has 4 N–H and O–H groups in total. The number of rotatable bonds is 5. The summed E-state index contributed by atoms with van der Waals surface area (Å²) in [6.07, 6.45) is 13.3. The molecule has 0 radical (unpaired) electrons. The van der Waals surface area contributed by atoms with Crippen LogP contribution in [-0.2, 0) is 11.2 Å². The standard InChI is InChI=1S/C28H29N7O/c1-17-3-2-4-19-14-25(32-24(19)11-17)28-27-23(34-35-28)6-5-22(33-27)20-13-21(16-30-15-20)31-26(36)12-18-7-9-29-10-8-18/h2-6,13-16,18,29,32H,7-12H2,1H3,(H,31,36)(H,34,35). The van der Waals surface area contributed by atoms with Crippen molar-refractivity contribution < 1.29 is 4.79 Å². The first-order chi connectivity index (χ1) is 17.6. The average molecular weight is 480 g/mol. The van der Waals surface area contributed by atoms with E-state index < -0.39 is 0 Å². The number of aromatic nitrogens is 5. The van der Waals surface area contributed by atoms with Crippen LogP contribution in [0, 0.1) is 5.92 Å². The number of carbonyl (C=O) groups excluding carboxylic acids is 1. The zero-order chi connectivity index (χ0) is 24.5. The van der Waals surface area contributed by atoms with Crippen molar-refractivity contribution in [3.05, 3.63) is 65.6 Å². The highest BCUT2D eigenvalue weighted by Crippen LogP contribution is 2.31. The topological polar surface area (TPSA) is 111 Å². The lowest BCUT2D eigenvalue weighted by Gasteiger charge is -2.21. The van der Waals surface area contributed by atoms with Gasteiger partial charge in [0.1, 0.15) is 11.2 Å². The molecule has 8 nitrogen and oxygen atoms in total. The number of amides is 1. The van der Waals surface area contributed by atoms with Gasteiger partial charge < -0.3 is 15.6 Å². The molecule has 1 amide bonds. The second kappa shape index (κ2) is 9.54. The number of nitrogens with one attached hydrogen (secondary N) is 4. The largest absolute Gasteiger partial charge is 0.356 e. The first-order valence-corrected chi connectivity index (χ1v) is 12.5. The highest BCUT2D eigenvalue weighted by atomic mass is 16.1. The van der Waals surface area contributed by atoms with Crippen molar-refractivity contribution in [2.24, 2.45) is 5.92 Å². The summed E-state index contributed by atoms with van der Waals surface area (Å²) in [5, 5.41) is 14.0. The first-order valence-electron chi connectivity index (χ1n) is 12.5. The summed E-state index contributed by atoms with van der Waals surface area (Å²) in [6.45, 7) is 4.10. The van der Waals surface area contributed by atoms with Crippen molar-refractivity contribution in [3.8, 4) is 22.6 Å². The minimum Gasteiger partial charge on any atom is -0.356 e. The molecule has 6 rings (SSSR count). The van der Waals surface area contributed by atoms with Gasteiger partial charge in [-0.1, -0.05) is 23.8 Å². The molecule has 1 aliphatic carbocycles. The lowest BCUT2D eigenvalue weighted by Crippen LogP contribution is -2.30. The Kier molecular flexibility index (Phi) is 5.95. The fourth-order valence-corrected chi connectivity index (χ4v) is 5.05. The molecule has 4 aromatic rings. The molecule has 2 aliphatic rings. The summed E-state index contributed by atoms with van der Waals surface area (Å²) < 4.78 is 0. The number of fused-ring (bicyclic) bond motifs is 2. The molecule has 1 saturated heterocycles. The number of pyridine rings is 2. The molecule has 0 spiro atoms. The van der Waals surface area contributed by atoms with Crippen LogP contribution >= 0.6 is 0 Å². The number of piperidine rings is 1. The molecule has 0 aromatic carbocycles. The van der Waals surface area contributed by atoms with Crippen LogP contribution in [0.1, 0.15) is 37.4 Å². The van der Waals surface area contributed by atoms with Crippen molar-refractivity contribution in [2.75, 3.05) is 18.4 Å². The third-order valence-electron chi connectivity index (χ3n) is 6.96. The summed E-state index contributed by atoms with van der Waals surface area (Å²) in [6, 6.07) is 7.99. The second-order valence-corrected chi connectivity index (χ2v) is 9.74. The van der Waals surface area contributed by atoms with Gasteiger partial charge in [-0.25, -0.2) is 4.98 Å². The molecule has 8 heteroatoms. The highest BCUT2D eigenvalue weighted by Gasteiger charge is 2.18. The Labute approximate surface area is 209 Å². The molecule has 0 unspecified atom stereocenters. The lowest BCUT2D eigenvalue weighted by molar-refractivity contribution is -0.117. The molecule has 0 saturated carbocycles. The maximum absolute atomic E-state index is 12.6. The van der Waals surface area contributed by atoms with E-state index in [2.05, 4.69) is 62.0 Å². The molecule has 5 heterocycles. The zero-order valence-electron chi connectivity index (χ0n) is 20.3. The van der Waals surface area contributed by atoms with Gasteiger partial charge in [0.05, 0.1) is 28.8 Å². The number of H-pyrrole nitrogens is 2. The van der Waals surface area contributed by atoms with Gasteiger partial charge in [-0.2, -0.15) is 5.10 Å². The van der Waals surface area contributed by atoms with E-state index in [1.807, 2.05) is 18.2 Å². The van der Waals surface area contributed by atoms with E-state index in [1.54, 1.807) is 12.4 Å². The van der Waals surface area contributed by atoms with Gasteiger partial charge in [0.2, 0.25) is 5.91 Å². The SMILES string of the molecule is CC1=CC=Cc2cc(-c3n[nH]c4ccc(-c5cncc(NC(=O)CC6CCNCC6)c5)nc34)[nH]c2C1. The summed E-state index contributed by atoms with van der Waals surface area (Å²) in [7, 11) is 0. The van der Waals surface area contributed by atoms with Gasteiger partial charge >= 0.3 is 0 Å². The molecular formula is C28H29N7O. The van der Waals surface area contributed by atoms with Gasteiger partial charge in [-0.3, -0.25) is 14.9 Å². The van der Waals surface area contributed by atoms with Crippen LogP contribution in [0.25, 0.3) is 39.8 Å². The molecule has 182 valence electrons. The molecule has 1 aliphatic heterocycles. The maximum atomic E-state index is 12.6. The van der Waals surface area contributed by atoms with E-state index in [0.29, 0.717) is 18.0 Å². The minimum absolute atomic E-state index is 0.0343. The average Bonchev–Trinajstić information content (AvgIpc) is 3.43. The van der Waals surface area contributed by atoms with Gasteiger partial charge in [0, 0.05) is 30.3 Å². The van der Waals surface area contributed by atoms with Crippen LogP contribution in [0.15, 0.2) is 54.4 Å². The van der Waals surface area contributed by atoms with E-state index in [9.17, 15) is 4.79 Å². The first kappa shape index (κ1) is 22.4. The van der Waals surface area contributed by atoms with Crippen LogP contribution in [0.3, 0.4) is 0 Å². The Balaban J connectivity index is 1.26. The van der Waals surface area contributed by atoms with E-state index in [-0.39, 0.29) is 5.91 Å².